The molecule has 4 fully saturated rings. The third-order valence-corrected chi connectivity index (χ3v) is 13.1. The van der Waals surface area contributed by atoms with E-state index in [0.29, 0.717) is 66.8 Å². The lowest BCUT2D eigenvalue weighted by Gasteiger charge is -2.59. The molecule has 4 saturated carbocycles. The van der Waals surface area contributed by atoms with Crippen molar-refractivity contribution in [3.63, 3.8) is 0 Å². The van der Waals surface area contributed by atoms with Gasteiger partial charge in [-0.25, -0.2) is 0 Å². The van der Waals surface area contributed by atoms with Gasteiger partial charge >= 0.3 is 0 Å². The van der Waals surface area contributed by atoms with Gasteiger partial charge in [0, 0.05) is 36.5 Å². The molecular weight excluding hydrogens is 546 g/mol. The number of thiophene rings is 1. The summed E-state index contributed by atoms with van der Waals surface area (Å²) < 4.78 is 1.09. The molecule has 0 radical (unpaired) electrons. The number of carbonyl (C=O) groups excluding carboxylic acids is 3. The van der Waals surface area contributed by atoms with E-state index < -0.39 is 0 Å². The fourth-order valence-corrected chi connectivity index (χ4v) is 11.1. The number of amides is 1. The average molecular weight is 591 g/mol. The van der Waals surface area contributed by atoms with Crippen LogP contribution in [0, 0.1) is 52.3 Å². The van der Waals surface area contributed by atoms with Crippen molar-refractivity contribution in [1.82, 2.24) is 5.32 Å². The molecule has 4 nitrogen and oxygen atoms in total. The molecule has 1 aromatic heterocycles. The van der Waals surface area contributed by atoms with Crippen LogP contribution in [0.15, 0.2) is 15.9 Å². The van der Waals surface area contributed by atoms with Crippen LogP contribution >= 0.6 is 27.3 Å². The molecule has 6 heteroatoms. The molecule has 1 amide bonds. The van der Waals surface area contributed by atoms with E-state index in [1.54, 1.807) is 11.3 Å². The Bertz CT molecular complexity index is 1070. The maximum atomic E-state index is 13.6. The third kappa shape index (κ3) is 4.81. The minimum atomic E-state index is 0.0364. The molecule has 0 aromatic carbocycles. The van der Waals surface area contributed by atoms with Gasteiger partial charge in [-0.05, 0) is 107 Å². The van der Waals surface area contributed by atoms with Crippen LogP contribution in [0.2, 0.25) is 0 Å². The molecule has 9 atom stereocenters. The summed E-state index contributed by atoms with van der Waals surface area (Å²) in [5, 5.41) is 3.35. The minimum Gasteiger partial charge on any atom is -0.348 e. The zero-order valence-corrected chi connectivity index (χ0v) is 25.6. The second kappa shape index (κ2) is 10.2. The summed E-state index contributed by atoms with van der Waals surface area (Å²) in [6, 6.07) is 4.20. The smallest absolute Gasteiger partial charge is 0.220 e. The topological polar surface area (TPSA) is 63.2 Å². The van der Waals surface area contributed by atoms with Gasteiger partial charge in [-0.1, -0.05) is 34.6 Å². The maximum Gasteiger partial charge on any atom is 0.220 e. The number of nitrogens with one attached hydrogen (secondary N) is 1. The summed E-state index contributed by atoms with van der Waals surface area (Å²) in [5.74, 6) is 3.30. The Morgan fingerprint density at radius 2 is 1.78 bits per heavy atom. The highest BCUT2D eigenvalue weighted by Gasteiger charge is 2.63. The van der Waals surface area contributed by atoms with E-state index in [-0.39, 0.29) is 34.6 Å². The summed E-state index contributed by atoms with van der Waals surface area (Å²) in [4.78, 5) is 40.3. The molecule has 37 heavy (non-hydrogen) atoms. The fourth-order valence-electron chi connectivity index (χ4n) is 9.43. The standard InChI is InChI=1S/C31H44BrNO3S/c1-17(2)29(25-8-9-26(32)37-25)33-27(36)14-18(3)21-6-7-22-28-23(11-13-31(21,22)5)30(4)12-10-20(34)15-19(30)16-24(28)35/h8-9,17-19,21-23,28-29H,6-7,10-16H2,1-5H3,(H,33,36)/t18-,19+,21?,22+,23+,28+,29?,30+,31-/m1/s1. The molecule has 0 saturated heterocycles. The molecule has 1 N–H and O–H groups in total. The molecule has 5 rings (SSSR count). The summed E-state index contributed by atoms with van der Waals surface area (Å²) in [6.07, 6.45) is 7.91. The summed E-state index contributed by atoms with van der Waals surface area (Å²) in [5.41, 5.74) is 0.264. The van der Waals surface area contributed by atoms with Crippen molar-refractivity contribution in [2.75, 3.05) is 0 Å². The number of carbonyl (C=O) groups is 3. The van der Waals surface area contributed by atoms with Crippen LogP contribution in [-0.2, 0) is 14.4 Å². The summed E-state index contributed by atoms with van der Waals surface area (Å²) in [6.45, 7) is 11.4. The third-order valence-electron chi connectivity index (χ3n) is 11.4. The van der Waals surface area contributed by atoms with Crippen LogP contribution in [0.25, 0.3) is 0 Å². The van der Waals surface area contributed by atoms with E-state index in [2.05, 4.69) is 68.0 Å². The zero-order chi connectivity index (χ0) is 26.7. The largest absolute Gasteiger partial charge is 0.348 e. The number of hydrogen-bond donors (Lipinski definition) is 1. The molecule has 4 aliphatic carbocycles. The molecule has 0 bridgehead atoms. The van der Waals surface area contributed by atoms with E-state index in [1.165, 1.54) is 4.88 Å². The van der Waals surface area contributed by atoms with Crippen LogP contribution in [0.5, 0.6) is 0 Å². The Labute approximate surface area is 235 Å². The van der Waals surface area contributed by atoms with E-state index in [4.69, 9.17) is 0 Å². The van der Waals surface area contributed by atoms with Crippen molar-refractivity contribution in [3.05, 3.63) is 20.8 Å². The molecule has 0 spiro atoms. The lowest BCUT2D eigenvalue weighted by Crippen LogP contribution is -2.57. The number of rotatable bonds is 6. The van der Waals surface area contributed by atoms with Crippen LogP contribution in [0.4, 0.5) is 0 Å². The second-order valence-corrected chi connectivity index (χ2v) is 16.2. The average Bonchev–Trinajstić information content (AvgIpc) is 3.41. The Hall–Kier alpha value is -1.01. The fraction of sp³-hybridized carbons (Fsp3) is 0.774. The van der Waals surface area contributed by atoms with Gasteiger partial charge in [-0.2, -0.15) is 0 Å². The molecule has 1 aromatic rings. The summed E-state index contributed by atoms with van der Waals surface area (Å²) >= 11 is 5.25. The van der Waals surface area contributed by atoms with Gasteiger partial charge in [0.1, 0.15) is 11.6 Å². The van der Waals surface area contributed by atoms with Gasteiger partial charge in [0.15, 0.2) is 0 Å². The highest BCUT2D eigenvalue weighted by molar-refractivity contribution is 9.11. The molecule has 4 aliphatic rings. The van der Waals surface area contributed by atoms with Crippen molar-refractivity contribution in [2.45, 2.75) is 98.4 Å². The predicted octanol–water partition coefficient (Wildman–Crippen LogP) is 7.76. The monoisotopic (exact) mass is 589 g/mol. The molecule has 1 heterocycles. The van der Waals surface area contributed by atoms with Gasteiger partial charge in [0.05, 0.1) is 9.83 Å². The van der Waals surface area contributed by atoms with Gasteiger partial charge in [-0.3, -0.25) is 14.4 Å². The lowest BCUT2D eigenvalue weighted by molar-refractivity contribution is -0.159. The number of Topliss-reactive ketones (excluding diaryl/α,β-unsaturated/α-hetero) is 2. The quantitative estimate of drug-likeness (QED) is 0.368. The van der Waals surface area contributed by atoms with Crippen LogP contribution in [0.3, 0.4) is 0 Å². The first kappa shape index (κ1) is 27.6. The van der Waals surface area contributed by atoms with Gasteiger partial charge in [0.2, 0.25) is 5.91 Å². The number of hydrogen-bond acceptors (Lipinski definition) is 4. The molecule has 2 unspecified atom stereocenters. The normalized spacial score (nSPS) is 39.1. The van der Waals surface area contributed by atoms with E-state index in [9.17, 15) is 14.4 Å². The minimum absolute atomic E-state index is 0.0364. The highest BCUT2D eigenvalue weighted by Crippen LogP contribution is 2.67. The van der Waals surface area contributed by atoms with Gasteiger partial charge in [0.25, 0.3) is 0 Å². The number of ketones is 2. The Kier molecular flexibility index (Phi) is 7.59. The highest BCUT2D eigenvalue weighted by atomic mass is 79.9. The Balaban J connectivity index is 1.28. The van der Waals surface area contributed by atoms with Crippen LogP contribution < -0.4 is 5.32 Å². The van der Waals surface area contributed by atoms with E-state index >= 15 is 0 Å². The SMILES string of the molecule is CC(C)C(NC(=O)C[C@@H](C)C1CC[C@H]2[C@@H]3C(=O)C[C@@H]4CC(=O)CC[C@]4(C)[C@H]3CC[C@]12C)c1ccc(Br)s1. The molecule has 0 aliphatic heterocycles. The van der Waals surface area contributed by atoms with Crippen LogP contribution in [0.1, 0.15) is 103 Å². The van der Waals surface area contributed by atoms with E-state index in [1.807, 2.05) is 0 Å². The van der Waals surface area contributed by atoms with Gasteiger partial charge < -0.3 is 5.32 Å². The van der Waals surface area contributed by atoms with Crippen molar-refractivity contribution < 1.29 is 14.4 Å². The summed E-state index contributed by atoms with van der Waals surface area (Å²) in [7, 11) is 0. The lowest BCUT2D eigenvalue weighted by atomic mass is 9.44. The number of halogens is 1. The molecular formula is C31H44BrNO3S. The Morgan fingerprint density at radius 3 is 2.46 bits per heavy atom. The number of fused-ring (bicyclic) bond motifs is 5. The predicted molar refractivity (Wildman–Crippen MR) is 152 cm³/mol. The van der Waals surface area contributed by atoms with Gasteiger partial charge in [-0.15, -0.1) is 11.3 Å². The van der Waals surface area contributed by atoms with E-state index in [0.717, 1.165) is 35.9 Å². The molecule has 204 valence electrons. The Morgan fingerprint density at radius 1 is 1.05 bits per heavy atom. The maximum absolute atomic E-state index is 13.6. The zero-order valence-electron chi connectivity index (χ0n) is 23.1. The van der Waals surface area contributed by atoms with Crippen molar-refractivity contribution in [3.8, 4) is 0 Å². The first-order chi connectivity index (χ1) is 17.4. The van der Waals surface area contributed by atoms with Crippen molar-refractivity contribution >= 4 is 44.7 Å². The first-order valence-corrected chi connectivity index (χ1v) is 16.1. The second-order valence-electron chi connectivity index (χ2n) is 13.7. The van der Waals surface area contributed by atoms with Crippen molar-refractivity contribution in [1.29, 1.82) is 0 Å². The van der Waals surface area contributed by atoms with Crippen molar-refractivity contribution in [2.24, 2.45) is 52.3 Å². The van der Waals surface area contributed by atoms with Crippen LogP contribution in [-0.4, -0.2) is 17.5 Å². The first-order valence-electron chi connectivity index (χ1n) is 14.5.